The molecule has 0 aliphatic heterocycles. The second-order valence-electron chi connectivity index (χ2n) is 6.89. The van der Waals surface area contributed by atoms with Gasteiger partial charge in [-0.05, 0) is 18.3 Å². The van der Waals surface area contributed by atoms with E-state index in [9.17, 15) is 26.7 Å². The first-order valence-corrected chi connectivity index (χ1v) is 7.74. The third-order valence-corrected chi connectivity index (χ3v) is 4.35. The van der Waals surface area contributed by atoms with E-state index in [1.807, 2.05) is 0 Å². The van der Waals surface area contributed by atoms with Crippen molar-refractivity contribution in [3.05, 3.63) is 46.0 Å². The molecule has 0 N–H and O–H groups in total. The van der Waals surface area contributed by atoms with Crippen LogP contribution in [-0.2, 0) is 12.8 Å². The van der Waals surface area contributed by atoms with Gasteiger partial charge in [0, 0.05) is 6.42 Å². The smallest absolute Gasteiger partial charge is 0.200 e. The standard InChI is InChI=1S/C17H15F5N2O/c1-4-7-10-8(5-17(2,3)6-9(10)25)24(23-7)16-14(21)12(19)11(18)13(20)15(16)22/h4-6H2,1-3H3. The van der Waals surface area contributed by atoms with Crippen LogP contribution in [-0.4, -0.2) is 15.6 Å². The van der Waals surface area contributed by atoms with Gasteiger partial charge in [0.05, 0.1) is 17.0 Å². The number of rotatable bonds is 2. The van der Waals surface area contributed by atoms with E-state index in [2.05, 4.69) is 5.10 Å². The zero-order valence-electron chi connectivity index (χ0n) is 13.8. The van der Waals surface area contributed by atoms with Gasteiger partial charge in [-0.2, -0.15) is 5.10 Å². The minimum Gasteiger partial charge on any atom is -0.294 e. The van der Waals surface area contributed by atoms with Crippen LogP contribution in [0.3, 0.4) is 0 Å². The summed E-state index contributed by atoms with van der Waals surface area (Å²) in [5, 5.41) is 3.99. The number of nitrogens with zero attached hydrogens (tertiary/aromatic N) is 2. The Morgan fingerprint density at radius 3 is 2.00 bits per heavy atom. The molecular formula is C17H15F5N2O. The van der Waals surface area contributed by atoms with E-state index < -0.39 is 40.2 Å². The Hall–Kier alpha value is -2.25. The van der Waals surface area contributed by atoms with E-state index in [0.29, 0.717) is 4.68 Å². The topological polar surface area (TPSA) is 34.9 Å². The summed E-state index contributed by atoms with van der Waals surface area (Å²) in [6.45, 7) is 5.27. The molecule has 0 fully saturated rings. The summed E-state index contributed by atoms with van der Waals surface area (Å²) in [4.78, 5) is 12.4. The van der Waals surface area contributed by atoms with Crippen molar-refractivity contribution in [2.75, 3.05) is 0 Å². The third-order valence-electron chi connectivity index (χ3n) is 4.35. The highest BCUT2D eigenvalue weighted by Crippen LogP contribution is 2.38. The van der Waals surface area contributed by atoms with Crippen molar-refractivity contribution in [1.82, 2.24) is 9.78 Å². The Morgan fingerprint density at radius 1 is 0.960 bits per heavy atom. The van der Waals surface area contributed by atoms with Crippen molar-refractivity contribution >= 4 is 5.78 Å². The highest BCUT2D eigenvalue weighted by Gasteiger charge is 2.38. The molecule has 1 aliphatic carbocycles. The zero-order chi connectivity index (χ0) is 18.7. The molecule has 0 spiro atoms. The van der Waals surface area contributed by atoms with Crippen LogP contribution in [0.4, 0.5) is 22.0 Å². The number of carbonyl (C=O) groups is 1. The first kappa shape index (κ1) is 17.6. The van der Waals surface area contributed by atoms with E-state index in [0.717, 1.165) is 0 Å². The highest BCUT2D eigenvalue weighted by molar-refractivity contribution is 6.00. The molecule has 25 heavy (non-hydrogen) atoms. The van der Waals surface area contributed by atoms with Gasteiger partial charge < -0.3 is 0 Å². The fourth-order valence-electron chi connectivity index (χ4n) is 3.24. The highest BCUT2D eigenvalue weighted by atomic mass is 19.2. The zero-order valence-corrected chi connectivity index (χ0v) is 13.8. The van der Waals surface area contributed by atoms with Crippen molar-refractivity contribution in [2.24, 2.45) is 5.41 Å². The number of carbonyl (C=O) groups excluding carboxylic acids is 1. The van der Waals surface area contributed by atoms with Crippen molar-refractivity contribution in [3.8, 4) is 5.69 Å². The predicted octanol–water partition coefficient (Wildman–Crippen LogP) is 4.29. The number of ketones is 1. The number of hydrogen-bond acceptors (Lipinski definition) is 2. The molecule has 3 rings (SSSR count). The summed E-state index contributed by atoms with van der Waals surface area (Å²) in [6, 6.07) is 0. The molecule has 0 bridgehead atoms. The number of benzene rings is 1. The molecule has 0 unspecified atom stereocenters. The first-order chi connectivity index (χ1) is 11.6. The predicted molar refractivity (Wildman–Crippen MR) is 79.2 cm³/mol. The summed E-state index contributed by atoms with van der Waals surface area (Å²) in [6.07, 6.45) is 0.729. The van der Waals surface area contributed by atoms with Crippen LogP contribution >= 0.6 is 0 Å². The number of aromatic nitrogens is 2. The molecule has 1 aromatic carbocycles. The first-order valence-electron chi connectivity index (χ1n) is 7.74. The summed E-state index contributed by atoms with van der Waals surface area (Å²) >= 11 is 0. The maximum absolute atomic E-state index is 14.2. The van der Waals surface area contributed by atoms with Gasteiger partial charge in [0.1, 0.15) is 5.69 Å². The Bertz CT molecular complexity index is 872. The van der Waals surface area contributed by atoms with Crippen LogP contribution in [0.15, 0.2) is 0 Å². The fourth-order valence-corrected chi connectivity index (χ4v) is 3.24. The lowest BCUT2D eigenvalue weighted by Crippen LogP contribution is -2.28. The van der Waals surface area contributed by atoms with Crippen LogP contribution in [0, 0.1) is 34.5 Å². The number of hydrogen-bond donors (Lipinski definition) is 0. The molecule has 8 heteroatoms. The van der Waals surface area contributed by atoms with Gasteiger partial charge in [0.15, 0.2) is 29.1 Å². The van der Waals surface area contributed by atoms with Crippen LogP contribution < -0.4 is 0 Å². The maximum atomic E-state index is 14.2. The van der Waals surface area contributed by atoms with Crippen molar-refractivity contribution in [1.29, 1.82) is 0 Å². The Balaban J connectivity index is 2.37. The van der Waals surface area contributed by atoms with Gasteiger partial charge in [-0.15, -0.1) is 0 Å². The number of fused-ring (bicyclic) bond motifs is 1. The minimum atomic E-state index is -2.23. The lowest BCUT2D eigenvalue weighted by Gasteiger charge is -2.29. The van der Waals surface area contributed by atoms with E-state index in [4.69, 9.17) is 0 Å². The van der Waals surface area contributed by atoms with Gasteiger partial charge in [-0.25, -0.2) is 26.6 Å². The molecule has 0 amide bonds. The number of aryl methyl sites for hydroxylation is 1. The van der Waals surface area contributed by atoms with E-state index in [1.54, 1.807) is 20.8 Å². The average molecular weight is 358 g/mol. The molecule has 0 saturated carbocycles. The molecular weight excluding hydrogens is 343 g/mol. The quantitative estimate of drug-likeness (QED) is 0.456. The molecule has 134 valence electrons. The number of Topliss-reactive ketones (excluding diaryl/α,β-unsaturated/α-hetero) is 1. The molecule has 1 aromatic heterocycles. The molecule has 1 heterocycles. The summed E-state index contributed by atoms with van der Waals surface area (Å²) in [5.41, 5.74) is -1.01. The maximum Gasteiger partial charge on any atom is 0.200 e. The van der Waals surface area contributed by atoms with E-state index >= 15 is 0 Å². The second kappa shape index (κ2) is 5.64. The van der Waals surface area contributed by atoms with Gasteiger partial charge in [0.25, 0.3) is 0 Å². The van der Waals surface area contributed by atoms with Gasteiger partial charge in [0.2, 0.25) is 5.82 Å². The third kappa shape index (κ3) is 2.54. The van der Waals surface area contributed by atoms with Crippen LogP contribution in [0.2, 0.25) is 0 Å². The van der Waals surface area contributed by atoms with Crippen LogP contribution in [0.25, 0.3) is 5.69 Å². The lowest BCUT2D eigenvalue weighted by atomic mass is 9.75. The Kier molecular flexibility index (Phi) is 3.96. The molecule has 3 nitrogen and oxygen atoms in total. The summed E-state index contributed by atoms with van der Waals surface area (Å²) in [7, 11) is 0. The van der Waals surface area contributed by atoms with Crippen LogP contribution in [0.1, 0.15) is 48.9 Å². The van der Waals surface area contributed by atoms with Crippen molar-refractivity contribution < 1.29 is 26.7 Å². The number of halogens is 5. The average Bonchev–Trinajstić information content (AvgIpc) is 2.88. The minimum absolute atomic E-state index is 0.168. The molecule has 0 radical (unpaired) electrons. The van der Waals surface area contributed by atoms with E-state index in [-0.39, 0.29) is 42.0 Å². The summed E-state index contributed by atoms with van der Waals surface area (Å²) < 4.78 is 69.5. The molecule has 1 aliphatic rings. The van der Waals surface area contributed by atoms with Gasteiger partial charge in [-0.1, -0.05) is 20.8 Å². The SMILES string of the molecule is CCc1nn(-c2c(F)c(F)c(F)c(F)c2F)c2c1C(=O)CC(C)(C)C2. The Morgan fingerprint density at radius 2 is 1.48 bits per heavy atom. The van der Waals surface area contributed by atoms with Crippen molar-refractivity contribution in [2.45, 2.75) is 40.0 Å². The van der Waals surface area contributed by atoms with Gasteiger partial charge in [-0.3, -0.25) is 4.79 Å². The lowest BCUT2D eigenvalue weighted by molar-refractivity contribution is 0.0910. The van der Waals surface area contributed by atoms with Crippen LogP contribution in [0.5, 0.6) is 0 Å². The molecule has 0 atom stereocenters. The largest absolute Gasteiger partial charge is 0.294 e. The normalized spacial score (nSPS) is 16.2. The van der Waals surface area contributed by atoms with E-state index in [1.165, 1.54) is 0 Å². The molecule has 2 aromatic rings. The fraction of sp³-hybridized carbons (Fsp3) is 0.412. The summed E-state index contributed by atoms with van der Waals surface area (Å²) in [5.74, 6) is -10.5. The van der Waals surface area contributed by atoms with Gasteiger partial charge >= 0.3 is 0 Å². The Labute approximate surface area is 140 Å². The molecule has 0 saturated heterocycles. The van der Waals surface area contributed by atoms with Crippen molar-refractivity contribution in [3.63, 3.8) is 0 Å². The second-order valence-corrected chi connectivity index (χ2v) is 6.89. The monoisotopic (exact) mass is 358 g/mol.